The van der Waals surface area contributed by atoms with Crippen molar-refractivity contribution in [3.8, 4) is 5.75 Å². The third kappa shape index (κ3) is 4.92. The van der Waals surface area contributed by atoms with E-state index in [-0.39, 0.29) is 12.6 Å². The number of ether oxygens (including phenoxy) is 2. The SMILES string of the molecule is COCCCNC(=O)c1ccn(COc2ccccc2)n1. The summed E-state index contributed by atoms with van der Waals surface area (Å²) < 4.78 is 12.1. The van der Waals surface area contributed by atoms with Gasteiger partial charge in [0.1, 0.15) is 11.4 Å². The summed E-state index contributed by atoms with van der Waals surface area (Å²) in [4.78, 5) is 11.8. The molecular weight excluding hydrogens is 270 g/mol. The number of para-hydroxylation sites is 1. The quantitative estimate of drug-likeness (QED) is 0.751. The average Bonchev–Trinajstić information content (AvgIpc) is 2.99. The molecule has 0 fully saturated rings. The molecule has 0 aliphatic heterocycles. The van der Waals surface area contributed by atoms with E-state index in [4.69, 9.17) is 9.47 Å². The number of methoxy groups -OCH3 is 1. The van der Waals surface area contributed by atoms with Gasteiger partial charge in [-0.2, -0.15) is 5.10 Å². The predicted octanol–water partition coefficient (Wildman–Crippen LogP) is 1.69. The lowest BCUT2D eigenvalue weighted by atomic mass is 10.3. The van der Waals surface area contributed by atoms with Crippen molar-refractivity contribution < 1.29 is 14.3 Å². The van der Waals surface area contributed by atoms with Crippen LogP contribution in [0, 0.1) is 0 Å². The first kappa shape index (κ1) is 15.1. The van der Waals surface area contributed by atoms with Crippen LogP contribution >= 0.6 is 0 Å². The van der Waals surface area contributed by atoms with Gasteiger partial charge in [-0.25, -0.2) is 4.68 Å². The van der Waals surface area contributed by atoms with Gasteiger partial charge in [-0.1, -0.05) is 18.2 Å². The van der Waals surface area contributed by atoms with Crippen molar-refractivity contribution in [1.82, 2.24) is 15.1 Å². The Morgan fingerprint density at radius 2 is 2.10 bits per heavy atom. The molecule has 6 nitrogen and oxygen atoms in total. The first-order valence-electron chi connectivity index (χ1n) is 6.78. The van der Waals surface area contributed by atoms with Crippen molar-refractivity contribution in [2.75, 3.05) is 20.3 Å². The zero-order valence-corrected chi connectivity index (χ0v) is 12.0. The summed E-state index contributed by atoms with van der Waals surface area (Å²) in [5, 5.41) is 6.96. The van der Waals surface area contributed by atoms with E-state index >= 15 is 0 Å². The number of hydrogen-bond acceptors (Lipinski definition) is 4. The topological polar surface area (TPSA) is 65.4 Å². The van der Waals surface area contributed by atoms with Crippen LogP contribution in [-0.4, -0.2) is 35.9 Å². The number of amides is 1. The second kappa shape index (κ2) is 8.06. The third-order valence-corrected chi connectivity index (χ3v) is 2.79. The lowest BCUT2D eigenvalue weighted by Crippen LogP contribution is -2.25. The molecule has 6 heteroatoms. The predicted molar refractivity (Wildman–Crippen MR) is 78.1 cm³/mol. The molecule has 0 atom stereocenters. The maximum atomic E-state index is 11.8. The molecule has 2 rings (SSSR count). The molecule has 1 amide bonds. The fraction of sp³-hybridized carbons (Fsp3) is 0.333. The minimum atomic E-state index is -0.190. The average molecular weight is 289 g/mol. The Morgan fingerprint density at radius 3 is 2.86 bits per heavy atom. The van der Waals surface area contributed by atoms with Crippen LogP contribution in [0.15, 0.2) is 42.6 Å². The van der Waals surface area contributed by atoms with Gasteiger partial charge in [0.15, 0.2) is 6.73 Å². The van der Waals surface area contributed by atoms with E-state index in [1.165, 1.54) is 0 Å². The number of aromatic nitrogens is 2. The first-order chi connectivity index (χ1) is 10.3. The summed E-state index contributed by atoms with van der Waals surface area (Å²) in [7, 11) is 1.64. The van der Waals surface area contributed by atoms with Gasteiger partial charge in [0.05, 0.1) is 0 Å². The highest BCUT2D eigenvalue weighted by Gasteiger charge is 2.08. The highest BCUT2D eigenvalue weighted by Crippen LogP contribution is 2.09. The van der Waals surface area contributed by atoms with Crippen LogP contribution in [0.2, 0.25) is 0 Å². The normalized spacial score (nSPS) is 10.3. The first-order valence-corrected chi connectivity index (χ1v) is 6.78. The molecule has 0 spiro atoms. The second-order valence-corrected chi connectivity index (χ2v) is 4.43. The molecule has 1 heterocycles. The van der Waals surface area contributed by atoms with E-state index in [0.29, 0.717) is 18.8 Å². The molecule has 0 aliphatic carbocycles. The van der Waals surface area contributed by atoms with Gasteiger partial charge in [0.2, 0.25) is 0 Å². The number of carbonyl (C=O) groups excluding carboxylic acids is 1. The molecule has 0 aliphatic rings. The van der Waals surface area contributed by atoms with Crippen LogP contribution in [0.1, 0.15) is 16.9 Å². The molecule has 2 aromatic rings. The summed E-state index contributed by atoms with van der Waals surface area (Å²) in [6.07, 6.45) is 2.49. The molecule has 0 bridgehead atoms. The number of benzene rings is 1. The summed E-state index contributed by atoms with van der Waals surface area (Å²) in [5.41, 5.74) is 0.379. The Balaban J connectivity index is 1.79. The van der Waals surface area contributed by atoms with Gasteiger partial charge in [0, 0.05) is 26.5 Å². The lowest BCUT2D eigenvalue weighted by Gasteiger charge is -2.05. The number of nitrogens with zero attached hydrogens (tertiary/aromatic N) is 2. The zero-order valence-electron chi connectivity index (χ0n) is 12.0. The van der Waals surface area contributed by atoms with Crippen molar-refractivity contribution in [1.29, 1.82) is 0 Å². The zero-order chi connectivity index (χ0) is 14.9. The van der Waals surface area contributed by atoms with Crippen molar-refractivity contribution in [3.63, 3.8) is 0 Å². The minimum Gasteiger partial charge on any atom is -0.471 e. The second-order valence-electron chi connectivity index (χ2n) is 4.43. The van der Waals surface area contributed by atoms with E-state index in [9.17, 15) is 4.79 Å². The molecule has 1 aromatic carbocycles. The van der Waals surface area contributed by atoms with Crippen LogP contribution in [-0.2, 0) is 11.5 Å². The van der Waals surface area contributed by atoms with Gasteiger partial charge in [0.25, 0.3) is 5.91 Å². The van der Waals surface area contributed by atoms with Gasteiger partial charge in [-0.15, -0.1) is 0 Å². The third-order valence-electron chi connectivity index (χ3n) is 2.79. The van der Waals surface area contributed by atoms with Crippen molar-refractivity contribution in [2.24, 2.45) is 0 Å². The monoisotopic (exact) mass is 289 g/mol. The van der Waals surface area contributed by atoms with E-state index in [0.717, 1.165) is 12.2 Å². The summed E-state index contributed by atoms with van der Waals surface area (Å²) in [6, 6.07) is 11.1. The van der Waals surface area contributed by atoms with Crippen LogP contribution in [0.3, 0.4) is 0 Å². The molecule has 0 radical (unpaired) electrons. The maximum Gasteiger partial charge on any atom is 0.271 e. The number of hydrogen-bond donors (Lipinski definition) is 1. The maximum absolute atomic E-state index is 11.8. The van der Waals surface area contributed by atoms with Crippen molar-refractivity contribution >= 4 is 5.91 Å². The molecule has 0 unspecified atom stereocenters. The van der Waals surface area contributed by atoms with Crippen LogP contribution in [0.5, 0.6) is 5.75 Å². The fourth-order valence-corrected chi connectivity index (χ4v) is 1.72. The Hall–Kier alpha value is -2.34. The standard InChI is InChI=1S/C15H19N3O3/c1-20-11-5-9-16-15(19)14-8-10-18(17-14)12-21-13-6-3-2-4-7-13/h2-4,6-8,10H,5,9,11-12H2,1H3,(H,16,19). The highest BCUT2D eigenvalue weighted by atomic mass is 16.5. The van der Waals surface area contributed by atoms with Gasteiger partial charge >= 0.3 is 0 Å². The Kier molecular flexibility index (Phi) is 5.78. The van der Waals surface area contributed by atoms with E-state index < -0.39 is 0 Å². The molecule has 0 saturated heterocycles. The van der Waals surface area contributed by atoms with Gasteiger partial charge < -0.3 is 14.8 Å². The summed E-state index contributed by atoms with van der Waals surface area (Å²) in [5.74, 6) is 0.572. The van der Waals surface area contributed by atoms with E-state index in [1.807, 2.05) is 30.3 Å². The van der Waals surface area contributed by atoms with Crippen molar-refractivity contribution in [3.05, 3.63) is 48.3 Å². The number of carbonyl (C=O) groups is 1. The number of nitrogens with one attached hydrogen (secondary N) is 1. The van der Waals surface area contributed by atoms with Crippen LogP contribution < -0.4 is 10.1 Å². The lowest BCUT2D eigenvalue weighted by molar-refractivity contribution is 0.0941. The Labute approximate surface area is 123 Å². The molecular formula is C15H19N3O3. The molecule has 1 aromatic heterocycles. The summed E-state index contributed by atoms with van der Waals surface area (Å²) >= 11 is 0. The smallest absolute Gasteiger partial charge is 0.271 e. The molecule has 0 saturated carbocycles. The highest BCUT2D eigenvalue weighted by molar-refractivity contribution is 5.92. The minimum absolute atomic E-state index is 0.190. The fourth-order valence-electron chi connectivity index (χ4n) is 1.72. The molecule has 112 valence electrons. The van der Waals surface area contributed by atoms with Gasteiger partial charge in [-0.05, 0) is 24.6 Å². The Morgan fingerprint density at radius 1 is 1.29 bits per heavy atom. The van der Waals surface area contributed by atoms with E-state index in [1.54, 1.807) is 24.1 Å². The molecule has 1 N–H and O–H groups in total. The summed E-state index contributed by atoms with van der Waals surface area (Å²) in [6.45, 7) is 1.46. The largest absolute Gasteiger partial charge is 0.471 e. The number of rotatable bonds is 8. The van der Waals surface area contributed by atoms with Gasteiger partial charge in [-0.3, -0.25) is 4.79 Å². The van der Waals surface area contributed by atoms with Crippen LogP contribution in [0.25, 0.3) is 0 Å². The van der Waals surface area contributed by atoms with Crippen molar-refractivity contribution in [2.45, 2.75) is 13.2 Å². The van der Waals surface area contributed by atoms with Crippen LogP contribution in [0.4, 0.5) is 0 Å². The molecule has 21 heavy (non-hydrogen) atoms. The van der Waals surface area contributed by atoms with E-state index in [2.05, 4.69) is 10.4 Å². The Bertz CT molecular complexity index is 554.